The largest absolute Gasteiger partial charge is 0.487 e. The Balaban J connectivity index is 1.63. The van der Waals surface area contributed by atoms with Crippen LogP contribution in [0.2, 0.25) is 5.02 Å². The van der Waals surface area contributed by atoms with E-state index >= 15 is 0 Å². The molecule has 1 amide bonds. The fourth-order valence-corrected chi connectivity index (χ4v) is 2.91. The number of aromatic nitrogens is 1. The Morgan fingerprint density at radius 2 is 2.04 bits per heavy atom. The molecule has 3 aromatic rings. The van der Waals surface area contributed by atoms with Gasteiger partial charge in [-0.1, -0.05) is 17.7 Å². The van der Waals surface area contributed by atoms with E-state index in [0.29, 0.717) is 28.6 Å². The first-order chi connectivity index (χ1) is 11.6. The van der Waals surface area contributed by atoms with E-state index in [1.54, 1.807) is 35.8 Å². The van der Waals surface area contributed by atoms with Crippen LogP contribution in [0.5, 0.6) is 5.75 Å². The molecule has 0 fully saturated rings. The average Bonchev–Trinajstić information content (AvgIpc) is 3.09. The maximum absolute atomic E-state index is 12.3. The molecule has 0 saturated carbocycles. The lowest BCUT2D eigenvalue weighted by Crippen LogP contribution is -2.12. The van der Waals surface area contributed by atoms with Gasteiger partial charge < -0.3 is 10.1 Å². The Hall–Kier alpha value is -2.37. The highest BCUT2D eigenvalue weighted by Crippen LogP contribution is 2.23. The topological polar surface area (TPSA) is 51.2 Å². The Morgan fingerprint density at radius 3 is 2.71 bits per heavy atom. The molecule has 0 aliphatic carbocycles. The molecule has 1 heterocycles. The van der Waals surface area contributed by atoms with Gasteiger partial charge in [-0.2, -0.15) is 0 Å². The summed E-state index contributed by atoms with van der Waals surface area (Å²) in [7, 11) is 0. The number of anilines is 1. The van der Waals surface area contributed by atoms with Crippen molar-refractivity contribution in [2.24, 2.45) is 0 Å². The number of rotatable bonds is 5. The Morgan fingerprint density at radius 1 is 1.25 bits per heavy atom. The van der Waals surface area contributed by atoms with Gasteiger partial charge in [0.05, 0.1) is 21.9 Å². The van der Waals surface area contributed by atoms with Crippen LogP contribution in [0.3, 0.4) is 0 Å². The van der Waals surface area contributed by atoms with E-state index in [1.807, 2.05) is 24.4 Å². The summed E-state index contributed by atoms with van der Waals surface area (Å²) in [5.74, 6) is 0.472. The van der Waals surface area contributed by atoms with Gasteiger partial charge in [-0.25, -0.2) is 4.98 Å². The summed E-state index contributed by atoms with van der Waals surface area (Å²) in [4.78, 5) is 16.4. The van der Waals surface area contributed by atoms with Crippen LogP contribution in [0, 0.1) is 6.92 Å². The fourth-order valence-electron chi connectivity index (χ4n) is 2.08. The third kappa shape index (κ3) is 4.13. The van der Waals surface area contributed by atoms with Gasteiger partial charge in [0.1, 0.15) is 12.4 Å². The molecule has 0 bridgehead atoms. The van der Waals surface area contributed by atoms with E-state index in [0.717, 1.165) is 11.3 Å². The van der Waals surface area contributed by atoms with Gasteiger partial charge in [0.15, 0.2) is 0 Å². The molecule has 1 N–H and O–H groups in total. The third-order valence-electron chi connectivity index (χ3n) is 3.36. The minimum absolute atomic E-state index is 0.216. The predicted molar refractivity (Wildman–Crippen MR) is 97.0 cm³/mol. The molecule has 3 rings (SSSR count). The second-order valence-electron chi connectivity index (χ2n) is 5.23. The summed E-state index contributed by atoms with van der Waals surface area (Å²) < 4.78 is 5.63. The van der Waals surface area contributed by atoms with Gasteiger partial charge in [-0.05, 0) is 48.9 Å². The highest BCUT2D eigenvalue weighted by atomic mass is 35.5. The number of hydrogen-bond acceptors (Lipinski definition) is 4. The van der Waals surface area contributed by atoms with E-state index in [1.165, 1.54) is 11.3 Å². The van der Waals surface area contributed by atoms with Crippen molar-refractivity contribution < 1.29 is 9.53 Å². The Bertz CT molecular complexity index is 833. The lowest BCUT2D eigenvalue weighted by Gasteiger charge is -2.09. The lowest BCUT2D eigenvalue weighted by molar-refractivity contribution is 0.102. The van der Waals surface area contributed by atoms with Crippen LogP contribution < -0.4 is 10.1 Å². The molecule has 4 nitrogen and oxygen atoms in total. The number of halogens is 1. The number of nitrogens with one attached hydrogen (secondary N) is 1. The van der Waals surface area contributed by atoms with Gasteiger partial charge in [0.25, 0.3) is 5.91 Å². The lowest BCUT2D eigenvalue weighted by atomic mass is 10.2. The number of amides is 1. The van der Waals surface area contributed by atoms with Crippen LogP contribution in [0.25, 0.3) is 0 Å². The predicted octanol–water partition coefficient (Wildman–Crippen LogP) is 4.94. The quantitative estimate of drug-likeness (QED) is 0.703. The molecule has 1 aromatic heterocycles. The van der Waals surface area contributed by atoms with E-state index < -0.39 is 0 Å². The van der Waals surface area contributed by atoms with E-state index in [9.17, 15) is 4.79 Å². The van der Waals surface area contributed by atoms with Gasteiger partial charge >= 0.3 is 0 Å². The molecular weight excluding hydrogens is 344 g/mol. The van der Waals surface area contributed by atoms with Crippen molar-refractivity contribution >= 4 is 34.5 Å². The number of carbonyl (C=O) groups excluding carboxylic acids is 1. The zero-order chi connectivity index (χ0) is 16.9. The summed E-state index contributed by atoms with van der Waals surface area (Å²) in [5, 5.41) is 5.26. The standard InChI is InChI=1S/C18H15ClN2O2S/c1-12-2-7-17(16(19)8-12)21-18(22)13-3-5-15(6-4-13)23-9-14-10-24-11-20-14/h2-8,10-11H,9H2,1H3,(H,21,22). The van der Waals surface area contributed by atoms with Crippen molar-refractivity contribution in [2.45, 2.75) is 13.5 Å². The minimum atomic E-state index is -0.216. The number of thiazole rings is 1. The molecule has 0 spiro atoms. The maximum atomic E-state index is 12.3. The number of benzene rings is 2. The summed E-state index contributed by atoms with van der Waals surface area (Å²) >= 11 is 7.67. The van der Waals surface area contributed by atoms with Gasteiger partial charge in [0, 0.05) is 10.9 Å². The van der Waals surface area contributed by atoms with Crippen molar-refractivity contribution in [2.75, 3.05) is 5.32 Å². The van der Waals surface area contributed by atoms with Crippen molar-refractivity contribution in [3.8, 4) is 5.75 Å². The number of carbonyl (C=O) groups is 1. The van der Waals surface area contributed by atoms with Crippen LogP contribution in [-0.2, 0) is 6.61 Å². The minimum Gasteiger partial charge on any atom is -0.487 e. The molecule has 0 saturated heterocycles. The average molecular weight is 359 g/mol. The second-order valence-corrected chi connectivity index (χ2v) is 6.36. The molecule has 0 aliphatic heterocycles. The molecule has 6 heteroatoms. The van der Waals surface area contributed by atoms with Crippen LogP contribution in [0.15, 0.2) is 53.4 Å². The SMILES string of the molecule is Cc1ccc(NC(=O)c2ccc(OCc3cscn3)cc2)c(Cl)c1. The Kier molecular flexibility index (Phi) is 5.13. The van der Waals surface area contributed by atoms with Gasteiger partial charge in [0.2, 0.25) is 0 Å². The van der Waals surface area contributed by atoms with Crippen LogP contribution in [-0.4, -0.2) is 10.9 Å². The number of ether oxygens (including phenoxy) is 1. The second kappa shape index (κ2) is 7.47. The summed E-state index contributed by atoms with van der Waals surface area (Å²) in [6.07, 6.45) is 0. The molecule has 122 valence electrons. The summed E-state index contributed by atoms with van der Waals surface area (Å²) in [6, 6.07) is 12.5. The summed E-state index contributed by atoms with van der Waals surface area (Å²) in [5.41, 5.74) is 4.82. The molecule has 0 unspecified atom stereocenters. The zero-order valence-corrected chi connectivity index (χ0v) is 14.5. The van der Waals surface area contributed by atoms with Crippen molar-refractivity contribution in [1.29, 1.82) is 0 Å². The third-order valence-corrected chi connectivity index (χ3v) is 4.31. The number of aryl methyl sites for hydroxylation is 1. The van der Waals surface area contributed by atoms with E-state index in [4.69, 9.17) is 16.3 Å². The van der Waals surface area contributed by atoms with E-state index in [-0.39, 0.29) is 5.91 Å². The molecule has 24 heavy (non-hydrogen) atoms. The maximum Gasteiger partial charge on any atom is 0.255 e. The zero-order valence-electron chi connectivity index (χ0n) is 13.0. The highest BCUT2D eigenvalue weighted by Gasteiger charge is 2.09. The molecule has 0 aliphatic rings. The first-order valence-electron chi connectivity index (χ1n) is 7.29. The van der Waals surface area contributed by atoms with Gasteiger partial charge in [-0.3, -0.25) is 4.79 Å². The van der Waals surface area contributed by atoms with Crippen LogP contribution in [0.4, 0.5) is 5.69 Å². The Labute approximate surface area is 149 Å². The van der Waals surface area contributed by atoms with Gasteiger partial charge in [-0.15, -0.1) is 11.3 Å². The molecular formula is C18H15ClN2O2S. The highest BCUT2D eigenvalue weighted by molar-refractivity contribution is 7.07. The van der Waals surface area contributed by atoms with E-state index in [2.05, 4.69) is 10.3 Å². The first kappa shape index (κ1) is 16.5. The smallest absolute Gasteiger partial charge is 0.255 e. The first-order valence-corrected chi connectivity index (χ1v) is 8.61. The van der Waals surface area contributed by atoms with Crippen molar-refractivity contribution in [3.63, 3.8) is 0 Å². The monoisotopic (exact) mass is 358 g/mol. The number of hydrogen-bond donors (Lipinski definition) is 1. The van der Waals surface area contributed by atoms with Crippen molar-refractivity contribution in [1.82, 2.24) is 4.98 Å². The number of nitrogens with zero attached hydrogens (tertiary/aromatic N) is 1. The van der Waals surface area contributed by atoms with Crippen molar-refractivity contribution in [3.05, 3.63) is 75.2 Å². The van der Waals surface area contributed by atoms with Crippen LogP contribution >= 0.6 is 22.9 Å². The molecule has 0 radical (unpaired) electrons. The summed E-state index contributed by atoms with van der Waals surface area (Å²) in [6.45, 7) is 2.36. The van der Waals surface area contributed by atoms with Crippen LogP contribution in [0.1, 0.15) is 21.6 Å². The normalized spacial score (nSPS) is 10.4. The molecule has 2 aromatic carbocycles. The molecule has 0 atom stereocenters. The fraction of sp³-hybridized carbons (Fsp3) is 0.111.